The lowest BCUT2D eigenvalue weighted by Gasteiger charge is -1.98. The first-order valence-electron chi connectivity index (χ1n) is 6.06. The summed E-state index contributed by atoms with van der Waals surface area (Å²) in [7, 11) is 0. The number of anilines is 1. The number of aliphatic carboxylic acids is 1. The van der Waals surface area contributed by atoms with Crippen LogP contribution in [-0.2, 0) is 16.0 Å². The molecule has 0 aliphatic heterocycles. The third-order valence-electron chi connectivity index (χ3n) is 2.79. The number of aliphatic hydroxyl groups excluding tert-OH is 1. The Morgan fingerprint density at radius 1 is 1.19 bits per heavy atom. The maximum atomic E-state index is 11.0. The van der Waals surface area contributed by atoms with Crippen LogP contribution in [0.2, 0.25) is 0 Å². The van der Waals surface area contributed by atoms with Gasteiger partial charge < -0.3 is 20.4 Å². The van der Waals surface area contributed by atoms with E-state index in [4.69, 9.17) is 15.3 Å². The molecule has 0 fully saturated rings. The first-order chi connectivity index (χ1) is 9.95. The fraction of sp³-hybridized carbons (Fsp3) is 0.0667. The number of benzene rings is 1. The van der Waals surface area contributed by atoms with Gasteiger partial charge in [0.25, 0.3) is 5.78 Å². The normalized spacial score (nSPS) is 11.3. The van der Waals surface area contributed by atoms with Crippen molar-refractivity contribution in [2.24, 2.45) is 0 Å². The third-order valence-corrected chi connectivity index (χ3v) is 2.79. The Morgan fingerprint density at radius 3 is 2.48 bits per heavy atom. The zero-order valence-electron chi connectivity index (χ0n) is 10.9. The van der Waals surface area contributed by atoms with Crippen LogP contribution < -0.4 is 5.73 Å². The van der Waals surface area contributed by atoms with E-state index in [1.807, 2.05) is 12.1 Å². The highest BCUT2D eigenvalue weighted by molar-refractivity contribution is 6.38. The number of ketones is 1. The summed E-state index contributed by atoms with van der Waals surface area (Å²) < 4.78 is 5.27. The second-order valence-electron chi connectivity index (χ2n) is 4.42. The molecular weight excluding hydrogens is 274 g/mol. The number of hydrogen-bond acceptors (Lipinski definition) is 5. The van der Waals surface area contributed by atoms with Gasteiger partial charge in [-0.3, -0.25) is 4.79 Å². The van der Waals surface area contributed by atoms with E-state index in [0.29, 0.717) is 23.9 Å². The molecule has 0 radical (unpaired) electrons. The van der Waals surface area contributed by atoms with E-state index >= 15 is 0 Å². The maximum absolute atomic E-state index is 11.0. The van der Waals surface area contributed by atoms with Crippen molar-refractivity contribution in [3.63, 3.8) is 0 Å². The van der Waals surface area contributed by atoms with Crippen molar-refractivity contribution in [2.75, 3.05) is 5.73 Å². The molecule has 1 heterocycles. The molecule has 0 unspecified atom stereocenters. The molecule has 6 heteroatoms. The summed E-state index contributed by atoms with van der Waals surface area (Å²) in [6, 6.07) is 8.77. The van der Waals surface area contributed by atoms with Crippen molar-refractivity contribution < 1.29 is 24.2 Å². The number of nitrogens with two attached hydrogens (primary N) is 1. The van der Waals surface area contributed by atoms with Gasteiger partial charge in [0.2, 0.25) is 0 Å². The van der Waals surface area contributed by atoms with E-state index in [2.05, 4.69) is 0 Å². The van der Waals surface area contributed by atoms with Gasteiger partial charge in [-0.25, -0.2) is 4.79 Å². The number of carboxylic acid groups (broad SMARTS) is 1. The zero-order chi connectivity index (χ0) is 15.4. The molecule has 0 amide bonds. The van der Waals surface area contributed by atoms with Gasteiger partial charge in [-0.15, -0.1) is 0 Å². The smallest absolute Gasteiger partial charge is 0.376 e. The topological polar surface area (TPSA) is 114 Å². The van der Waals surface area contributed by atoms with Crippen LogP contribution in [0.5, 0.6) is 0 Å². The summed E-state index contributed by atoms with van der Waals surface area (Å²) >= 11 is 0. The highest BCUT2D eigenvalue weighted by Crippen LogP contribution is 2.19. The fourth-order valence-electron chi connectivity index (χ4n) is 1.71. The minimum Gasteiger partial charge on any atom is -0.507 e. The molecule has 0 aliphatic rings. The number of nitrogen functional groups attached to an aromatic ring is 1. The SMILES string of the molecule is Nc1ccc(Cc2cc(C(O)=CC(=O)C(=O)O)co2)cc1. The maximum Gasteiger partial charge on any atom is 0.376 e. The number of furan rings is 1. The van der Waals surface area contributed by atoms with Crippen molar-refractivity contribution in [2.45, 2.75) is 6.42 Å². The Balaban J connectivity index is 2.12. The lowest BCUT2D eigenvalue weighted by Crippen LogP contribution is -2.09. The van der Waals surface area contributed by atoms with Gasteiger partial charge in [0.15, 0.2) is 0 Å². The van der Waals surface area contributed by atoms with Crippen LogP contribution in [0.25, 0.3) is 5.76 Å². The van der Waals surface area contributed by atoms with Crippen LogP contribution in [0.3, 0.4) is 0 Å². The molecular formula is C15H13NO5. The van der Waals surface area contributed by atoms with Crippen LogP contribution >= 0.6 is 0 Å². The van der Waals surface area contributed by atoms with Crippen molar-refractivity contribution in [1.82, 2.24) is 0 Å². The van der Waals surface area contributed by atoms with E-state index in [0.717, 1.165) is 5.56 Å². The summed E-state index contributed by atoms with van der Waals surface area (Å²) in [5.74, 6) is -2.71. The number of carboxylic acids is 1. The molecule has 0 aliphatic carbocycles. The summed E-state index contributed by atoms with van der Waals surface area (Å²) in [5.41, 5.74) is 7.46. The van der Waals surface area contributed by atoms with Crippen LogP contribution in [0.15, 0.2) is 47.1 Å². The lowest BCUT2D eigenvalue weighted by atomic mass is 10.1. The van der Waals surface area contributed by atoms with Gasteiger partial charge in [-0.2, -0.15) is 0 Å². The number of hydrogen-bond donors (Lipinski definition) is 3. The molecule has 21 heavy (non-hydrogen) atoms. The Kier molecular flexibility index (Phi) is 4.08. The summed E-state index contributed by atoms with van der Waals surface area (Å²) in [6.07, 6.45) is 2.38. The average molecular weight is 287 g/mol. The monoisotopic (exact) mass is 287 g/mol. The van der Waals surface area contributed by atoms with Gasteiger partial charge in [0.05, 0.1) is 5.56 Å². The van der Waals surface area contributed by atoms with Gasteiger partial charge in [0, 0.05) is 18.2 Å². The van der Waals surface area contributed by atoms with Crippen LogP contribution in [-0.4, -0.2) is 22.0 Å². The minimum atomic E-state index is -1.63. The Bertz CT molecular complexity index is 697. The van der Waals surface area contributed by atoms with Crippen molar-refractivity contribution in [3.8, 4) is 0 Å². The molecule has 0 spiro atoms. The number of carbonyl (C=O) groups is 2. The molecule has 0 bridgehead atoms. The quantitative estimate of drug-likeness (QED) is 0.335. The molecule has 6 nitrogen and oxygen atoms in total. The highest BCUT2D eigenvalue weighted by atomic mass is 16.4. The van der Waals surface area contributed by atoms with Crippen LogP contribution in [0.4, 0.5) is 5.69 Å². The van der Waals surface area contributed by atoms with E-state index < -0.39 is 17.5 Å². The molecule has 1 aromatic heterocycles. The van der Waals surface area contributed by atoms with Crippen molar-refractivity contribution in [3.05, 3.63) is 59.6 Å². The first kappa shape index (κ1) is 14.4. The molecule has 108 valence electrons. The number of aliphatic hydroxyl groups is 1. The second kappa shape index (κ2) is 5.96. The van der Waals surface area contributed by atoms with Crippen molar-refractivity contribution >= 4 is 23.2 Å². The molecule has 0 saturated carbocycles. The Hall–Kier alpha value is -3.02. The molecule has 1 aromatic carbocycles. The first-order valence-corrected chi connectivity index (χ1v) is 6.06. The van der Waals surface area contributed by atoms with Gasteiger partial charge in [0.1, 0.15) is 17.8 Å². The Morgan fingerprint density at radius 2 is 1.86 bits per heavy atom. The minimum absolute atomic E-state index is 0.245. The van der Waals surface area contributed by atoms with E-state index in [1.54, 1.807) is 12.1 Å². The molecule has 4 N–H and O–H groups in total. The van der Waals surface area contributed by atoms with Gasteiger partial charge in [-0.1, -0.05) is 12.1 Å². The van der Waals surface area contributed by atoms with Gasteiger partial charge in [-0.05, 0) is 23.8 Å². The lowest BCUT2D eigenvalue weighted by molar-refractivity contribution is -0.146. The second-order valence-corrected chi connectivity index (χ2v) is 4.42. The van der Waals surface area contributed by atoms with E-state index in [1.165, 1.54) is 12.3 Å². The van der Waals surface area contributed by atoms with Gasteiger partial charge >= 0.3 is 5.97 Å². The van der Waals surface area contributed by atoms with Crippen LogP contribution in [0, 0.1) is 0 Å². The number of carbonyl (C=O) groups excluding carboxylic acids is 1. The van der Waals surface area contributed by atoms with Crippen LogP contribution in [0.1, 0.15) is 16.9 Å². The van der Waals surface area contributed by atoms with E-state index in [9.17, 15) is 14.7 Å². The molecule has 2 aromatic rings. The van der Waals surface area contributed by atoms with Crippen molar-refractivity contribution in [1.29, 1.82) is 0 Å². The third kappa shape index (κ3) is 3.73. The largest absolute Gasteiger partial charge is 0.507 e. The average Bonchev–Trinajstić information content (AvgIpc) is 2.90. The molecule has 2 rings (SSSR count). The molecule has 0 saturated heterocycles. The summed E-state index contributed by atoms with van der Waals surface area (Å²) in [4.78, 5) is 21.4. The zero-order valence-corrected chi connectivity index (χ0v) is 10.9. The predicted molar refractivity (Wildman–Crippen MR) is 75.6 cm³/mol. The molecule has 0 atom stereocenters. The fourth-order valence-corrected chi connectivity index (χ4v) is 1.71. The summed E-state index contributed by atoms with van der Waals surface area (Å²) in [6.45, 7) is 0. The predicted octanol–water partition coefficient (Wildman–Crippen LogP) is 2.01. The Labute approximate surface area is 120 Å². The van der Waals surface area contributed by atoms with E-state index in [-0.39, 0.29) is 5.56 Å². The standard InChI is InChI=1S/C15H13NO5/c16-11-3-1-9(2-4-11)5-12-6-10(8-21-12)13(17)7-14(18)15(19)20/h1-4,6-8,17H,5,16H2,(H,19,20). The number of rotatable bonds is 5. The summed E-state index contributed by atoms with van der Waals surface area (Å²) in [5, 5.41) is 18.1. The highest BCUT2D eigenvalue weighted by Gasteiger charge is 2.12.